The lowest BCUT2D eigenvalue weighted by Gasteiger charge is -1.84. The quantitative estimate of drug-likeness (QED) is 0.351. The van der Waals surface area contributed by atoms with Crippen molar-refractivity contribution in [2.75, 3.05) is 0 Å². The Balaban J connectivity index is 0. The fourth-order valence-electron chi connectivity index (χ4n) is 0.733. The molecule has 4 heteroatoms. The fourth-order valence-corrected chi connectivity index (χ4v) is 0.733. The Hall–Kier alpha value is -2.02. The summed E-state index contributed by atoms with van der Waals surface area (Å²) in [4.78, 5) is 0. The van der Waals surface area contributed by atoms with E-state index in [1.165, 1.54) is 38.1 Å². The average Bonchev–Trinajstić information content (AvgIpc) is 2.38. The highest BCUT2D eigenvalue weighted by atomic mass is 19.1. The smallest absolute Gasteiger partial charge is 0.126 e. The number of hydrogen-bond acceptors (Lipinski definition) is 0. The minimum atomic E-state index is -0.537. The topological polar surface area (TPSA) is 0 Å². The van der Waals surface area contributed by atoms with Gasteiger partial charge in [0.2, 0.25) is 0 Å². The first kappa shape index (κ1) is 20.3. The van der Waals surface area contributed by atoms with Crippen LogP contribution in [-0.2, 0) is 0 Å². The summed E-state index contributed by atoms with van der Waals surface area (Å²) in [5.41, 5.74) is 0. The number of rotatable bonds is 1. The van der Waals surface area contributed by atoms with Gasteiger partial charge in [0.25, 0.3) is 0 Å². The highest BCUT2D eigenvalue weighted by molar-refractivity contribution is 5.11. The molecule has 0 amide bonds. The minimum absolute atomic E-state index is 0.513. The summed E-state index contributed by atoms with van der Waals surface area (Å²) in [5.74, 6) is 3.24. The molecule has 0 spiro atoms. The van der Waals surface area contributed by atoms with E-state index in [0.29, 0.717) is 0 Å². The molecule has 0 unspecified atom stereocenters. The van der Waals surface area contributed by atoms with E-state index < -0.39 is 23.3 Å². The summed E-state index contributed by atoms with van der Waals surface area (Å²) in [6.07, 6.45) is 2.03. The van der Waals surface area contributed by atoms with Crippen LogP contribution in [0.25, 0.3) is 0 Å². The average molecular weight is 286 g/mol. The second-order valence-corrected chi connectivity index (χ2v) is 3.34. The zero-order chi connectivity index (χ0) is 16.0. The third kappa shape index (κ3) is 16.0. The molecule has 1 aromatic rings. The molecule has 0 N–H and O–H groups in total. The molecule has 0 saturated heterocycles. The summed E-state index contributed by atoms with van der Waals surface area (Å²) in [6, 6.07) is 4.55. The van der Waals surface area contributed by atoms with E-state index in [0.717, 1.165) is 12.1 Å². The number of halogens is 4. The molecular formula is C16H18F4. The summed E-state index contributed by atoms with van der Waals surface area (Å²) in [6.45, 7) is 6.35. The van der Waals surface area contributed by atoms with E-state index in [9.17, 15) is 17.6 Å². The van der Waals surface area contributed by atoms with E-state index in [4.69, 9.17) is 0 Å². The van der Waals surface area contributed by atoms with Gasteiger partial charge in [0, 0.05) is 12.1 Å². The largest absolute Gasteiger partial charge is 0.212 e. The summed E-state index contributed by atoms with van der Waals surface area (Å²) < 4.78 is 47.5. The third-order valence-corrected chi connectivity index (χ3v) is 1.65. The molecule has 0 fully saturated rings. The van der Waals surface area contributed by atoms with Gasteiger partial charge in [-0.2, -0.15) is 0 Å². The van der Waals surface area contributed by atoms with Crippen LogP contribution in [0, 0.1) is 23.5 Å². The lowest BCUT2D eigenvalue weighted by atomic mass is 10.3. The van der Waals surface area contributed by atoms with Gasteiger partial charge in [-0.15, -0.1) is 11.8 Å². The predicted molar refractivity (Wildman–Crippen MR) is 75.2 cm³/mol. The highest BCUT2D eigenvalue weighted by Gasteiger charge is 1.88. The van der Waals surface area contributed by atoms with E-state index in [-0.39, 0.29) is 0 Å². The minimum Gasteiger partial charge on any atom is -0.212 e. The van der Waals surface area contributed by atoms with Crippen molar-refractivity contribution in [3.8, 4) is 11.8 Å². The van der Waals surface area contributed by atoms with Gasteiger partial charge in [0.15, 0.2) is 0 Å². The molecule has 0 atom stereocenters. The Morgan fingerprint density at radius 3 is 1.65 bits per heavy atom. The molecule has 0 bridgehead atoms. The molecule has 0 heterocycles. The van der Waals surface area contributed by atoms with Gasteiger partial charge in [-0.25, -0.2) is 17.6 Å². The van der Waals surface area contributed by atoms with Crippen LogP contribution in [0.15, 0.2) is 48.1 Å². The van der Waals surface area contributed by atoms with Crippen LogP contribution in [0.4, 0.5) is 17.6 Å². The second kappa shape index (κ2) is 13.4. The maximum Gasteiger partial charge on any atom is 0.126 e. The fraction of sp³-hybridized carbons (Fsp3) is 0.250. The first-order valence-electron chi connectivity index (χ1n) is 5.77. The monoisotopic (exact) mass is 286 g/mol. The predicted octanol–water partition coefficient (Wildman–Crippen LogP) is 5.73. The van der Waals surface area contributed by atoms with Crippen molar-refractivity contribution < 1.29 is 17.6 Å². The molecule has 0 nitrogen and oxygen atoms in total. The molecule has 20 heavy (non-hydrogen) atoms. The SMILES string of the molecule is C/C=C(F)\C=C(/C)F.CC#CC.Fc1cccc(F)c1. The third-order valence-electron chi connectivity index (χ3n) is 1.65. The van der Waals surface area contributed by atoms with Crippen molar-refractivity contribution in [2.24, 2.45) is 0 Å². The van der Waals surface area contributed by atoms with Crippen LogP contribution in [0.2, 0.25) is 0 Å². The molecule has 0 aliphatic rings. The summed E-state index contributed by atoms with van der Waals surface area (Å²) in [5, 5.41) is 0. The van der Waals surface area contributed by atoms with Crippen molar-refractivity contribution in [1.29, 1.82) is 0 Å². The van der Waals surface area contributed by atoms with Gasteiger partial charge in [0.1, 0.15) is 17.5 Å². The van der Waals surface area contributed by atoms with Crippen LogP contribution in [0.5, 0.6) is 0 Å². The number of benzene rings is 1. The van der Waals surface area contributed by atoms with Crippen molar-refractivity contribution in [3.05, 3.63) is 59.7 Å². The normalized spacial score (nSPS) is 10.2. The Kier molecular flexibility index (Phi) is 13.6. The molecule has 0 aliphatic heterocycles. The molecule has 110 valence electrons. The van der Waals surface area contributed by atoms with Crippen LogP contribution in [0.1, 0.15) is 27.7 Å². The summed E-state index contributed by atoms with van der Waals surface area (Å²) >= 11 is 0. The molecule has 1 aromatic carbocycles. The van der Waals surface area contributed by atoms with E-state index >= 15 is 0 Å². The summed E-state index contributed by atoms with van der Waals surface area (Å²) in [7, 11) is 0. The molecule has 0 aromatic heterocycles. The Labute approximate surface area is 117 Å². The second-order valence-electron chi connectivity index (χ2n) is 3.34. The van der Waals surface area contributed by atoms with Crippen molar-refractivity contribution in [3.63, 3.8) is 0 Å². The molecule has 0 aliphatic carbocycles. The molecule has 0 radical (unpaired) electrons. The van der Waals surface area contributed by atoms with Crippen molar-refractivity contribution in [1.82, 2.24) is 0 Å². The molecular weight excluding hydrogens is 268 g/mol. The van der Waals surface area contributed by atoms with Crippen LogP contribution < -0.4 is 0 Å². The van der Waals surface area contributed by atoms with Gasteiger partial charge in [-0.1, -0.05) is 12.1 Å². The van der Waals surface area contributed by atoms with Crippen molar-refractivity contribution >= 4 is 0 Å². The van der Waals surface area contributed by atoms with E-state index in [1.54, 1.807) is 0 Å². The molecule has 1 rings (SSSR count). The van der Waals surface area contributed by atoms with Gasteiger partial charge in [0.05, 0.1) is 5.83 Å². The van der Waals surface area contributed by atoms with Gasteiger partial charge in [-0.3, -0.25) is 0 Å². The lowest BCUT2D eigenvalue weighted by molar-refractivity contribution is 0.583. The highest BCUT2D eigenvalue weighted by Crippen LogP contribution is 2.03. The maximum atomic E-state index is 11.9. The van der Waals surface area contributed by atoms with Crippen molar-refractivity contribution in [2.45, 2.75) is 27.7 Å². The van der Waals surface area contributed by atoms with E-state index in [1.807, 2.05) is 13.8 Å². The number of hydrogen-bond donors (Lipinski definition) is 0. The Bertz CT molecular complexity index is 463. The standard InChI is InChI=1S/C6H4F2.C6H8F2.C4H6/c7-5-2-1-3-6(8)4-5;1-3-6(8)4-5(2)7;1-3-4-2/h1-4H;3-4H,1-2H3;1-2H3/b;5-4+,6-3+;. The maximum absolute atomic E-state index is 11.9. The lowest BCUT2D eigenvalue weighted by Crippen LogP contribution is -1.73. The Morgan fingerprint density at radius 1 is 1.05 bits per heavy atom. The van der Waals surface area contributed by atoms with Gasteiger partial charge in [-0.05, 0) is 39.8 Å². The van der Waals surface area contributed by atoms with Crippen LogP contribution in [-0.4, -0.2) is 0 Å². The zero-order valence-corrected chi connectivity index (χ0v) is 12.0. The van der Waals surface area contributed by atoms with E-state index in [2.05, 4.69) is 11.8 Å². The number of allylic oxidation sites excluding steroid dienone is 4. The van der Waals surface area contributed by atoms with Crippen LogP contribution >= 0.6 is 0 Å². The first-order chi connectivity index (χ1) is 9.37. The zero-order valence-electron chi connectivity index (χ0n) is 12.0. The van der Waals surface area contributed by atoms with Gasteiger partial charge >= 0.3 is 0 Å². The first-order valence-corrected chi connectivity index (χ1v) is 5.77. The van der Waals surface area contributed by atoms with Gasteiger partial charge < -0.3 is 0 Å². The molecule has 0 saturated carbocycles. The Morgan fingerprint density at radius 2 is 1.50 bits per heavy atom. The van der Waals surface area contributed by atoms with Crippen LogP contribution in [0.3, 0.4) is 0 Å².